The predicted octanol–water partition coefficient (Wildman–Crippen LogP) is 2.76. The van der Waals surface area contributed by atoms with Crippen LogP contribution in [-0.4, -0.2) is 16.1 Å². The van der Waals surface area contributed by atoms with Crippen LogP contribution in [-0.2, 0) is 13.5 Å². The maximum Gasteiger partial charge on any atom is 0.123 e. The van der Waals surface area contributed by atoms with Gasteiger partial charge in [-0.3, -0.25) is 0 Å². The molecule has 19 heavy (non-hydrogen) atoms. The fraction of sp³-hybridized carbons (Fsp3) is 0.400. The molecule has 2 rings (SSSR count). The zero-order valence-electron chi connectivity index (χ0n) is 11.7. The number of benzene rings is 1. The van der Waals surface area contributed by atoms with Crippen molar-refractivity contribution in [3.63, 3.8) is 0 Å². The number of rotatable bonds is 5. The van der Waals surface area contributed by atoms with Gasteiger partial charge in [0.2, 0.25) is 0 Å². The van der Waals surface area contributed by atoms with Gasteiger partial charge in [-0.1, -0.05) is 13.0 Å². The Morgan fingerprint density at radius 2 is 2.16 bits per heavy atom. The molecular weight excluding hydrogens is 241 g/mol. The predicted molar refractivity (Wildman–Crippen MR) is 74.5 cm³/mol. The van der Waals surface area contributed by atoms with Crippen LogP contribution >= 0.6 is 0 Å². The molecule has 3 nitrogen and oxygen atoms in total. The number of nitrogens with zero attached hydrogens (tertiary/aromatic N) is 2. The van der Waals surface area contributed by atoms with E-state index >= 15 is 0 Å². The third kappa shape index (κ3) is 3.41. The van der Waals surface area contributed by atoms with E-state index in [1.165, 1.54) is 0 Å². The standard InChI is InChI=1S/C15H20FN3/c1-4-17-14(10-15-18-5-6-19(15)3)12-7-11(2)8-13(16)9-12/h5-9,14,17H,4,10H2,1-3H3. The minimum absolute atomic E-state index is 0.0838. The molecule has 0 amide bonds. The van der Waals surface area contributed by atoms with Gasteiger partial charge in [-0.15, -0.1) is 0 Å². The summed E-state index contributed by atoms with van der Waals surface area (Å²) in [5.74, 6) is 0.811. The number of hydrogen-bond acceptors (Lipinski definition) is 2. The summed E-state index contributed by atoms with van der Waals surface area (Å²) in [4.78, 5) is 4.34. The minimum Gasteiger partial charge on any atom is -0.338 e. The Morgan fingerprint density at radius 3 is 2.74 bits per heavy atom. The van der Waals surface area contributed by atoms with Crippen LogP contribution in [0.25, 0.3) is 0 Å². The van der Waals surface area contributed by atoms with Gasteiger partial charge in [0.25, 0.3) is 0 Å². The van der Waals surface area contributed by atoms with Crippen molar-refractivity contribution in [2.45, 2.75) is 26.3 Å². The monoisotopic (exact) mass is 261 g/mol. The van der Waals surface area contributed by atoms with Crippen molar-refractivity contribution in [2.24, 2.45) is 7.05 Å². The van der Waals surface area contributed by atoms with Crippen LogP contribution in [0.15, 0.2) is 30.6 Å². The maximum atomic E-state index is 13.5. The molecule has 0 saturated heterocycles. The van der Waals surface area contributed by atoms with Crippen molar-refractivity contribution in [3.8, 4) is 0 Å². The Kier molecular flexibility index (Phi) is 4.32. The highest BCUT2D eigenvalue weighted by atomic mass is 19.1. The van der Waals surface area contributed by atoms with Crippen LogP contribution in [0.4, 0.5) is 4.39 Å². The molecule has 0 fully saturated rings. The molecule has 1 aromatic carbocycles. The van der Waals surface area contributed by atoms with Gasteiger partial charge in [0.1, 0.15) is 11.6 Å². The third-order valence-electron chi connectivity index (χ3n) is 3.23. The summed E-state index contributed by atoms with van der Waals surface area (Å²) in [7, 11) is 1.97. The molecule has 0 aliphatic heterocycles. The van der Waals surface area contributed by atoms with Crippen LogP contribution in [0.2, 0.25) is 0 Å². The zero-order chi connectivity index (χ0) is 13.8. The number of imidazole rings is 1. The molecule has 0 bridgehead atoms. The topological polar surface area (TPSA) is 29.9 Å². The molecule has 1 unspecified atom stereocenters. The highest BCUT2D eigenvalue weighted by Gasteiger charge is 2.14. The van der Waals surface area contributed by atoms with Crippen molar-refractivity contribution in [3.05, 3.63) is 53.4 Å². The average molecular weight is 261 g/mol. The lowest BCUT2D eigenvalue weighted by atomic mass is 10.0. The van der Waals surface area contributed by atoms with E-state index in [1.807, 2.05) is 30.8 Å². The summed E-state index contributed by atoms with van der Waals surface area (Å²) in [5.41, 5.74) is 1.92. The van der Waals surface area contributed by atoms with Gasteiger partial charge < -0.3 is 9.88 Å². The number of likely N-dealkylation sites (N-methyl/N-ethyl adjacent to an activating group) is 1. The molecule has 4 heteroatoms. The molecule has 2 aromatic rings. The van der Waals surface area contributed by atoms with E-state index in [-0.39, 0.29) is 11.9 Å². The summed E-state index contributed by atoms with van der Waals surface area (Å²) < 4.78 is 15.5. The van der Waals surface area contributed by atoms with E-state index in [4.69, 9.17) is 0 Å². The van der Waals surface area contributed by atoms with E-state index in [0.29, 0.717) is 0 Å². The molecule has 0 spiro atoms. The molecule has 0 aliphatic carbocycles. The first-order chi connectivity index (χ1) is 9.10. The second-order valence-corrected chi connectivity index (χ2v) is 4.83. The minimum atomic E-state index is -0.183. The van der Waals surface area contributed by atoms with Gasteiger partial charge in [-0.05, 0) is 36.7 Å². The quantitative estimate of drug-likeness (QED) is 0.897. The molecule has 0 radical (unpaired) electrons. The summed E-state index contributed by atoms with van der Waals surface area (Å²) in [6.07, 6.45) is 4.46. The molecular formula is C15H20FN3. The summed E-state index contributed by atoms with van der Waals surface area (Å²) in [5, 5.41) is 3.40. The number of aryl methyl sites for hydroxylation is 2. The van der Waals surface area contributed by atoms with Crippen molar-refractivity contribution in [1.82, 2.24) is 14.9 Å². The highest BCUT2D eigenvalue weighted by Crippen LogP contribution is 2.20. The Bertz CT molecular complexity index is 528. The lowest BCUT2D eigenvalue weighted by molar-refractivity contribution is 0.523. The number of aromatic nitrogens is 2. The second kappa shape index (κ2) is 5.97. The number of halogens is 1. The van der Waals surface area contributed by atoms with Crippen molar-refractivity contribution in [2.75, 3.05) is 6.54 Å². The van der Waals surface area contributed by atoms with Gasteiger partial charge in [0.15, 0.2) is 0 Å². The second-order valence-electron chi connectivity index (χ2n) is 4.83. The van der Waals surface area contributed by atoms with Crippen LogP contribution in [0, 0.1) is 12.7 Å². The lowest BCUT2D eigenvalue weighted by Crippen LogP contribution is -2.24. The van der Waals surface area contributed by atoms with Gasteiger partial charge in [0.05, 0.1) is 0 Å². The summed E-state index contributed by atoms with van der Waals surface area (Å²) in [6.45, 7) is 4.80. The van der Waals surface area contributed by atoms with E-state index < -0.39 is 0 Å². The Hall–Kier alpha value is -1.68. The Morgan fingerprint density at radius 1 is 1.37 bits per heavy atom. The average Bonchev–Trinajstić information content (AvgIpc) is 2.73. The molecule has 0 aliphatic rings. The first-order valence-electron chi connectivity index (χ1n) is 6.57. The van der Waals surface area contributed by atoms with Crippen molar-refractivity contribution >= 4 is 0 Å². The smallest absolute Gasteiger partial charge is 0.123 e. The van der Waals surface area contributed by atoms with Gasteiger partial charge in [-0.2, -0.15) is 0 Å². The SMILES string of the molecule is CCNC(Cc1nccn1C)c1cc(C)cc(F)c1. The summed E-state index contributed by atoms with van der Waals surface area (Å²) >= 11 is 0. The molecule has 102 valence electrons. The fourth-order valence-corrected chi connectivity index (χ4v) is 2.30. The van der Waals surface area contributed by atoms with Gasteiger partial charge in [-0.25, -0.2) is 9.37 Å². The maximum absolute atomic E-state index is 13.5. The fourth-order valence-electron chi connectivity index (χ4n) is 2.30. The summed E-state index contributed by atoms with van der Waals surface area (Å²) in [6, 6.07) is 5.26. The van der Waals surface area contributed by atoms with E-state index in [9.17, 15) is 4.39 Å². The highest BCUT2D eigenvalue weighted by molar-refractivity contribution is 5.27. The third-order valence-corrected chi connectivity index (χ3v) is 3.23. The van der Waals surface area contributed by atoms with E-state index in [1.54, 1.807) is 18.3 Å². The van der Waals surface area contributed by atoms with E-state index in [0.717, 1.165) is 29.9 Å². The van der Waals surface area contributed by atoms with Crippen molar-refractivity contribution in [1.29, 1.82) is 0 Å². The largest absolute Gasteiger partial charge is 0.338 e. The van der Waals surface area contributed by atoms with Crippen molar-refractivity contribution < 1.29 is 4.39 Å². The van der Waals surface area contributed by atoms with Crippen LogP contribution < -0.4 is 5.32 Å². The zero-order valence-corrected chi connectivity index (χ0v) is 11.7. The molecule has 1 N–H and O–H groups in total. The molecule has 1 aromatic heterocycles. The normalized spacial score (nSPS) is 12.6. The van der Waals surface area contributed by atoms with Gasteiger partial charge in [0, 0.05) is 31.9 Å². The Labute approximate surface area is 113 Å². The van der Waals surface area contributed by atoms with E-state index in [2.05, 4.69) is 17.2 Å². The number of nitrogens with one attached hydrogen (secondary N) is 1. The van der Waals surface area contributed by atoms with Gasteiger partial charge >= 0.3 is 0 Å². The first-order valence-corrected chi connectivity index (χ1v) is 6.57. The molecule has 0 saturated carbocycles. The molecule has 1 atom stereocenters. The van der Waals surface area contributed by atoms with Crippen LogP contribution in [0.5, 0.6) is 0 Å². The van der Waals surface area contributed by atoms with Crippen LogP contribution in [0.3, 0.4) is 0 Å². The Balaban J connectivity index is 2.26. The van der Waals surface area contributed by atoms with Crippen LogP contribution in [0.1, 0.15) is 29.9 Å². The first kappa shape index (κ1) is 13.7. The molecule has 1 heterocycles. The lowest BCUT2D eigenvalue weighted by Gasteiger charge is -2.19. The number of hydrogen-bond donors (Lipinski definition) is 1.